The van der Waals surface area contributed by atoms with Gasteiger partial charge in [-0.25, -0.2) is 4.98 Å². The van der Waals surface area contributed by atoms with Gasteiger partial charge in [0.05, 0.1) is 17.6 Å². The molecular formula is C25H30ClN3O2. The monoisotopic (exact) mass is 439 g/mol. The van der Waals surface area contributed by atoms with Crippen LogP contribution in [0.2, 0.25) is 5.02 Å². The van der Waals surface area contributed by atoms with Crippen molar-refractivity contribution >= 4 is 28.5 Å². The minimum Gasteiger partial charge on any atom is -0.494 e. The molecule has 1 aliphatic carbocycles. The van der Waals surface area contributed by atoms with E-state index in [2.05, 4.69) is 28.1 Å². The Morgan fingerprint density at radius 2 is 2.03 bits per heavy atom. The molecule has 164 valence electrons. The Kier molecular flexibility index (Phi) is 7.13. The van der Waals surface area contributed by atoms with Crippen molar-refractivity contribution < 1.29 is 9.53 Å². The maximum Gasteiger partial charge on any atom is 0.223 e. The lowest BCUT2D eigenvalue weighted by Crippen LogP contribution is -2.26. The number of fused-ring (bicyclic) bond motifs is 1. The van der Waals surface area contributed by atoms with Gasteiger partial charge >= 0.3 is 0 Å². The zero-order valence-corrected chi connectivity index (χ0v) is 18.8. The number of carbonyl (C=O) groups excluding carboxylic acids is 1. The summed E-state index contributed by atoms with van der Waals surface area (Å²) >= 11 is 6.08. The Morgan fingerprint density at radius 1 is 1.19 bits per heavy atom. The first kappa shape index (κ1) is 21.7. The second kappa shape index (κ2) is 10.2. The van der Waals surface area contributed by atoms with Crippen molar-refractivity contribution in [2.24, 2.45) is 5.92 Å². The van der Waals surface area contributed by atoms with E-state index in [9.17, 15) is 4.79 Å². The normalized spacial score (nSPS) is 13.5. The molecule has 1 aromatic heterocycles. The van der Waals surface area contributed by atoms with Gasteiger partial charge in [0.1, 0.15) is 11.6 Å². The van der Waals surface area contributed by atoms with Gasteiger partial charge in [-0.3, -0.25) is 4.79 Å². The molecule has 1 heterocycles. The van der Waals surface area contributed by atoms with Crippen molar-refractivity contribution in [3.63, 3.8) is 0 Å². The van der Waals surface area contributed by atoms with Crippen LogP contribution < -0.4 is 10.1 Å². The Labute approximate surface area is 188 Å². The molecule has 2 aromatic carbocycles. The summed E-state index contributed by atoms with van der Waals surface area (Å²) in [5.41, 5.74) is 3.24. The molecule has 1 N–H and O–H groups in total. The van der Waals surface area contributed by atoms with Gasteiger partial charge in [0.15, 0.2) is 0 Å². The minimum atomic E-state index is 0.212. The van der Waals surface area contributed by atoms with E-state index in [0.717, 1.165) is 72.7 Å². The molecule has 0 radical (unpaired) electrons. The molecule has 5 nitrogen and oxygen atoms in total. The van der Waals surface area contributed by atoms with Crippen LogP contribution in [-0.2, 0) is 17.8 Å². The zero-order valence-electron chi connectivity index (χ0n) is 18.1. The highest BCUT2D eigenvalue weighted by Gasteiger charge is 2.29. The van der Waals surface area contributed by atoms with Crippen molar-refractivity contribution in [3.05, 3.63) is 58.9 Å². The number of nitrogens with zero attached hydrogens (tertiary/aromatic N) is 2. The third-order valence-corrected chi connectivity index (χ3v) is 6.16. The number of hydrogen-bond donors (Lipinski definition) is 1. The van der Waals surface area contributed by atoms with Gasteiger partial charge in [0, 0.05) is 30.5 Å². The minimum absolute atomic E-state index is 0.212. The van der Waals surface area contributed by atoms with Crippen LogP contribution in [0.5, 0.6) is 5.75 Å². The van der Waals surface area contributed by atoms with Crippen LogP contribution in [0.15, 0.2) is 42.5 Å². The van der Waals surface area contributed by atoms with Crippen LogP contribution in [0, 0.1) is 12.8 Å². The largest absolute Gasteiger partial charge is 0.494 e. The van der Waals surface area contributed by atoms with Gasteiger partial charge in [0.2, 0.25) is 5.91 Å². The number of carbonyl (C=O) groups is 1. The first-order valence-corrected chi connectivity index (χ1v) is 11.6. The summed E-state index contributed by atoms with van der Waals surface area (Å²) in [5, 5.41) is 3.81. The fourth-order valence-electron chi connectivity index (χ4n) is 3.78. The highest BCUT2D eigenvalue weighted by atomic mass is 35.5. The van der Waals surface area contributed by atoms with E-state index in [0.29, 0.717) is 13.2 Å². The maximum absolute atomic E-state index is 11.8. The van der Waals surface area contributed by atoms with E-state index in [1.807, 2.05) is 31.2 Å². The summed E-state index contributed by atoms with van der Waals surface area (Å²) in [7, 11) is 0. The molecule has 0 unspecified atom stereocenters. The number of aryl methyl sites for hydroxylation is 3. The Bertz CT molecular complexity index is 1040. The predicted molar refractivity (Wildman–Crippen MR) is 125 cm³/mol. The van der Waals surface area contributed by atoms with E-state index >= 15 is 0 Å². The highest BCUT2D eigenvalue weighted by molar-refractivity contribution is 6.31. The van der Waals surface area contributed by atoms with Gasteiger partial charge in [-0.05, 0) is 74.9 Å². The average molecular weight is 440 g/mol. The summed E-state index contributed by atoms with van der Waals surface area (Å²) in [6.45, 7) is 4.29. The van der Waals surface area contributed by atoms with Gasteiger partial charge < -0.3 is 14.6 Å². The van der Waals surface area contributed by atoms with Crippen molar-refractivity contribution in [3.8, 4) is 5.75 Å². The topological polar surface area (TPSA) is 56.1 Å². The van der Waals surface area contributed by atoms with Crippen molar-refractivity contribution in [2.45, 2.75) is 52.0 Å². The molecule has 6 heteroatoms. The molecular weight excluding hydrogens is 410 g/mol. The van der Waals surface area contributed by atoms with E-state index in [1.165, 1.54) is 5.52 Å². The van der Waals surface area contributed by atoms with E-state index in [-0.39, 0.29) is 11.8 Å². The second-order valence-electron chi connectivity index (χ2n) is 8.30. The quantitative estimate of drug-likeness (QED) is 0.411. The summed E-state index contributed by atoms with van der Waals surface area (Å²) in [6, 6.07) is 14.1. The summed E-state index contributed by atoms with van der Waals surface area (Å²) < 4.78 is 8.21. The van der Waals surface area contributed by atoms with E-state index in [4.69, 9.17) is 21.3 Å². The van der Waals surface area contributed by atoms with Gasteiger partial charge in [-0.15, -0.1) is 0 Å². The second-order valence-corrected chi connectivity index (χ2v) is 8.71. The number of halogens is 1. The Hall–Kier alpha value is -2.53. The molecule has 0 bridgehead atoms. The molecule has 0 atom stereocenters. The summed E-state index contributed by atoms with van der Waals surface area (Å²) in [6.07, 6.45) is 5.83. The van der Waals surface area contributed by atoms with Crippen LogP contribution in [0.4, 0.5) is 0 Å². The van der Waals surface area contributed by atoms with Crippen LogP contribution in [0.3, 0.4) is 0 Å². The lowest BCUT2D eigenvalue weighted by atomic mass is 10.2. The molecule has 0 aliphatic heterocycles. The number of rotatable bonds is 11. The van der Waals surface area contributed by atoms with Gasteiger partial charge in [0.25, 0.3) is 0 Å². The zero-order chi connectivity index (χ0) is 21.6. The molecule has 4 rings (SSSR count). The van der Waals surface area contributed by atoms with Gasteiger partial charge in [-0.1, -0.05) is 23.7 Å². The number of nitrogens with one attached hydrogen (secondary N) is 1. The summed E-state index contributed by atoms with van der Waals surface area (Å²) in [5.74, 6) is 2.44. The molecule has 31 heavy (non-hydrogen) atoms. The third-order valence-electron chi connectivity index (χ3n) is 5.73. The Balaban J connectivity index is 1.28. The lowest BCUT2D eigenvalue weighted by molar-refractivity contribution is -0.122. The lowest BCUT2D eigenvalue weighted by Gasteiger charge is -2.11. The van der Waals surface area contributed by atoms with Gasteiger partial charge in [-0.2, -0.15) is 0 Å². The SMILES string of the molecule is Cc1cc(OCCCCn2c(CCCNC(=O)C3CC3)nc3ccccc32)ccc1Cl. The molecule has 1 aliphatic rings. The van der Waals surface area contributed by atoms with E-state index < -0.39 is 0 Å². The first-order chi connectivity index (χ1) is 15.1. The fourth-order valence-corrected chi connectivity index (χ4v) is 3.90. The van der Waals surface area contributed by atoms with Crippen molar-refractivity contribution in [2.75, 3.05) is 13.2 Å². The molecule has 0 saturated heterocycles. The van der Waals surface area contributed by atoms with Crippen molar-refractivity contribution in [1.82, 2.24) is 14.9 Å². The smallest absolute Gasteiger partial charge is 0.223 e. The maximum atomic E-state index is 11.8. The van der Waals surface area contributed by atoms with Crippen LogP contribution in [0.1, 0.15) is 43.5 Å². The highest BCUT2D eigenvalue weighted by Crippen LogP contribution is 2.28. The molecule has 1 fully saturated rings. The standard InChI is InChI=1S/C25H30ClN3O2/c1-18-17-20(12-13-21(18)26)31-16-5-4-15-29-23-8-3-2-7-22(23)28-24(29)9-6-14-27-25(30)19-10-11-19/h2-3,7-8,12-13,17,19H,4-6,9-11,14-16H2,1H3,(H,27,30). The Morgan fingerprint density at radius 3 is 2.84 bits per heavy atom. The van der Waals surface area contributed by atoms with Crippen molar-refractivity contribution in [1.29, 1.82) is 0 Å². The third kappa shape index (κ3) is 5.79. The average Bonchev–Trinajstić information content (AvgIpc) is 3.56. The predicted octanol–water partition coefficient (Wildman–Crippen LogP) is 5.32. The molecule has 1 amide bonds. The van der Waals surface area contributed by atoms with E-state index in [1.54, 1.807) is 0 Å². The number of unbranched alkanes of at least 4 members (excludes halogenated alkanes) is 1. The number of hydrogen-bond acceptors (Lipinski definition) is 3. The fraction of sp³-hybridized carbons (Fsp3) is 0.440. The number of benzene rings is 2. The molecule has 1 saturated carbocycles. The summed E-state index contributed by atoms with van der Waals surface area (Å²) in [4.78, 5) is 16.7. The van der Waals surface area contributed by atoms with Crippen LogP contribution in [-0.4, -0.2) is 28.6 Å². The molecule has 3 aromatic rings. The number of amides is 1. The number of para-hydroxylation sites is 2. The van der Waals surface area contributed by atoms with Crippen LogP contribution >= 0.6 is 11.6 Å². The van der Waals surface area contributed by atoms with Crippen LogP contribution in [0.25, 0.3) is 11.0 Å². The number of aromatic nitrogens is 2. The first-order valence-electron chi connectivity index (χ1n) is 11.2. The molecule has 0 spiro atoms. The number of imidazole rings is 1. The number of ether oxygens (including phenoxy) is 1.